The summed E-state index contributed by atoms with van der Waals surface area (Å²) in [6, 6.07) is 8.08. The van der Waals surface area contributed by atoms with Crippen molar-refractivity contribution in [1.29, 1.82) is 0 Å². The van der Waals surface area contributed by atoms with Crippen LogP contribution in [-0.4, -0.2) is 24.8 Å². The zero-order valence-electron chi connectivity index (χ0n) is 12.8. The molecule has 0 unspecified atom stereocenters. The van der Waals surface area contributed by atoms with Gasteiger partial charge in [0.15, 0.2) is 0 Å². The molecule has 2 rings (SSSR count). The first-order valence-corrected chi connectivity index (χ1v) is 8.81. The molecule has 0 aliphatic heterocycles. The van der Waals surface area contributed by atoms with Crippen molar-refractivity contribution in [3.63, 3.8) is 0 Å². The van der Waals surface area contributed by atoms with Crippen LogP contribution in [0.2, 0.25) is 5.02 Å². The minimum Gasteiger partial charge on any atom is -0.364 e. The van der Waals surface area contributed by atoms with Crippen molar-refractivity contribution < 1.29 is 18.0 Å². The van der Waals surface area contributed by atoms with Gasteiger partial charge in [0.2, 0.25) is 5.91 Å². The Bertz CT molecular complexity index is 890. The molecular formula is C15H16ClN3O4S. The van der Waals surface area contributed by atoms with E-state index < -0.39 is 21.8 Å². The molecule has 1 aromatic heterocycles. The zero-order chi connectivity index (χ0) is 17.9. The van der Waals surface area contributed by atoms with Crippen LogP contribution in [0.3, 0.4) is 0 Å². The Labute approximate surface area is 144 Å². The molecule has 0 saturated heterocycles. The van der Waals surface area contributed by atoms with E-state index in [0.717, 1.165) is 11.6 Å². The summed E-state index contributed by atoms with van der Waals surface area (Å²) in [5.41, 5.74) is 6.00. The maximum Gasteiger partial charge on any atom is 0.265 e. The predicted octanol–water partition coefficient (Wildman–Crippen LogP) is 1.22. The van der Waals surface area contributed by atoms with Gasteiger partial charge < -0.3 is 10.3 Å². The van der Waals surface area contributed by atoms with Crippen molar-refractivity contribution >= 4 is 33.4 Å². The molecule has 1 heterocycles. The van der Waals surface area contributed by atoms with E-state index in [1.54, 1.807) is 24.3 Å². The van der Waals surface area contributed by atoms with E-state index in [-0.39, 0.29) is 17.0 Å². The molecule has 0 saturated carbocycles. The fourth-order valence-corrected chi connectivity index (χ4v) is 3.43. The van der Waals surface area contributed by atoms with Gasteiger partial charge in [0.25, 0.3) is 15.9 Å². The average molecular weight is 370 g/mol. The number of primary amides is 1. The molecule has 2 aromatic rings. The summed E-state index contributed by atoms with van der Waals surface area (Å²) in [6.45, 7) is 0. The Morgan fingerprint density at radius 3 is 2.58 bits per heavy atom. The summed E-state index contributed by atoms with van der Waals surface area (Å²) in [4.78, 5) is 22.9. The molecule has 7 nitrogen and oxygen atoms in total. The fraction of sp³-hybridized carbons (Fsp3) is 0.200. The minimum atomic E-state index is -4.06. The van der Waals surface area contributed by atoms with Gasteiger partial charge in [0.1, 0.15) is 10.6 Å². The molecule has 2 amide bonds. The van der Waals surface area contributed by atoms with Crippen LogP contribution in [0.25, 0.3) is 0 Å². The monoisotopic (exact) mass is 369 g/mol. The maximum atomic E-state index is 12.2. The lowest BCUT2D eigenvalue weighted by molar-refractivity contribution is -0.119. The van der Waals surface area contributed by atoms with Crippen molar-refractivity contribution in [3.05, 3.63) is 52.8 Å². The number of amides is 2. The molecule has 9 heteroatoms. The van der Waals surface area contributed by atoms with Crippen LogP contribution < -0.4 is 10.5 Å². The van der Waals surface area contributed by atoms with E-state index in [1.807, 2.05) is 4.72 Å². The quantitative estimate of drug-likeness (QED) is 0.797. The number of rotatable bonds is 6. The molecule has 24 heavy (non-hydrogen) atoms. The van der Waals surface area contributed by atoms with E-state index in [4.69, 9.17) is 17.3 Å². The van der Waals surface area contributed by atoms with Crippen LogP contribution >= 0.6 is 11.6 Å². The van der Waals surface area contributed by atoms with Crippen molar-refractivity contribution in [2.24, 2.45) is 12.8 Å². The van der Waals surface area contributed by atoms with Crippen molar-refractivity contribution in [2.45, 2.75) is 17.7 Å². The summed E-state index contributed by atoms with van der Waals surface area (Å²) in [7, 11) is -2.58. The second kappa shape index (κ2) is 7.06. The maximum absolute atomic E-state index is 12.2. The Balaban J connectivity index is 2.04. The average Bonchev–Trinajstić information content (AvgIpc) is 2.88. The van der Waals surface area contributed by atoms with Crippen LogP contribution in [0.1, 0.15) is 22.5 Å². The normalized spacial score (nSPS) is 11.2. The second-order valence-corrected chi connectivity index (χ2v) is 7.31. The first kappa shape index (κ1) is 18.0. The Hall–Kier alpha value is -2.32. The summed E-state index contributed by atoms with van der Waals surface area (Å²) in [5.74, 6) is -1.41. The molecule has 0 atom stereocenters. The van der Waals surface area contributed by atoms with Crippen molar-refractivity contribution in [2.75, 3.05) is 0 Å². The van der Waals surface area contributed by atoms with E-state index >= 15 is 0 Å². The van der Waals surface area contributed by atoms with Crippen molar-refractivity contribution in [1.82, 2.24) is 9.29 Å². The predicted molar refractivity (Wildman–Crippen MR) is 89.0 cm³/mol. The highest BCUT2D eigenvalue weighted by molar-refractivity contribution is 7.90. The Kier molecular flexibility index (Phi) is 5.30. The van der Waals surface area contributed by atoms with E-state index in [0.29, 0.717) is 11.4 Å². The van der Waals surface area contributed by atoms with Gasteiger partial charge in [-0.25, -0.2) is 13.1 Å². The third-order valence-electron chi connectivity index (χ3n) is 3.32. The minimum absolute atomic E-state index is 0.0188. The SMILES string of the molecule is Cn1cc(S(=O)(=O)NC(=O)CCc2cccc(Cl)c2)cc1C(N)=O. The first-order valence-electron chi connectivity index (χ1n) is 6.95. The molecule has 0 bridgehead atoms. The van der Waals surface area contributed by atoms with Crippen LogP contribution in [0.4, 0.5) is 0 Å². The van der Waals surface area contributed by atoms with Gasteiger partial charge in [0, 0.05) is 24.7 Å². The van der Waals surface area contributed by atoms with Gasteiger partial charge in [-0.1, -0.05) is 23.7 Å². The highest BCUT2D eigenvalue weighted by atomic mass is 35.5. The van der Waals surface area contributed by atoms with E-state index in [1.165, 1.54) is 17.8 Å². The van der Waals surface area contributed by atoms with Crippen LogP contribution in [-0.2, 0) is 28.3 Å². The topological polar surface area (TPSA) is 111 Å². The number of benzene rings is 1. The number of nitrogens with two attached hydrogens (primary N) is 1. The molecule has 0 aliphatic carbocycles. The highest BCUT2D eigenvalue weighted by Crippen LogP contribution is 2.14. The number of carbonyl (C=O) groups is 2. The molecule has 128 valence electrons. The number of halogens is 1. The lowest BCUT2D eigenvalue weighted by Gasteiger charge is -2.05. The van der Waals surface area contributed by atoms with Crippen molar-refractivity contribution in [3.8, 4) is 0 Å². The molecule has 0 fully saturated rings. The standard InChI is InChI=1S/C15H16ClN3O4S/c1-19-9-12(8-13(19)15(17)21)24(22,23)18-14(20)6-5-10-3-2-4-11(16)7-10/h2-4,7-9H,5-6H2,1H3,(H2,17,21)(H,18,20). The van der Waals surface area contributed by atoms with Gasteiger partial charge in [-0.15, -0.1) is 0 Å². The molecule has 3 N–H and O–H groups in total. The number of aromatic nitrogens is 1. The van der Waals surface area contributed by atoms with Crippen LogP contribution in [0.15, 0.2) is 41.4 Å². The molecule has 0 radical (unpaired) electrons. The van der Waals surface area contributed by atoms with Gasteiger partial charge in [-0.3, -0.25) is 9.59 Å². The number of hydrogen-bond acceptors (Lipinski definition) is 4. The van der Waals surface area contributed by atoms with Gasteiger partial charge in [-0.2, -0.15) is 0 Å². The molecule has 1 aromatic carbocycles. The number of sulfonamides is 1. The number of nitrogens with one attached hydrogen (secondary N) is 1. The fourth-order valence-electron chi connectivity index (χ4n) is 2.14. The lowest BCUT2D eigenvalue weighted by atomic mass is 10.1. The number of aryl methyl sites for hydroxylation is 2. The summed E-state index contributed by atoms with van der Waals surface area (Å²) >= 11 is 5.85. The molecular weight excluding hydrogens is 354 g/mol. The van der Waals surface area contributed by atoms with Gasteiger partial charge in [-0.05, 0) is 30.2 Å². The Morgan fingerprint density at radius 2 is 2.00 bits per heavy atom. The zero-order valence-corrected chi connectivity index (χ0v) is 14.4. The van der Waals surface area contributed by atoms with Gasteiger partial charge in [0.05, 0.1) is 0 Å². The number of nitrogens with zero attached hydrogens (tertiary/aromatic N) is 1. The Morgan fingerprint density at radius 1 is 1.29 bits per heavy atom. The summed E-state index contributed by atoms with van der Waals surface area (Å²) in [6.07, 6.45) is 1.55. The molecule has 0 spiro atoms. The lowest BCUT2D eigenvalue weighted by Crippen LogP contribution is -2.30. The largest absolute Gasteiger partial charge is 0.364 e. The van der Waals surface area contributed by atoms with E-state index in [2.05, 4.69) is 0 Å². The van der Waals surface area contributed by atoms with Gasteiger partial charge >= 0.3 is 0 Å². The third kappa shape index (κ3) is 4.36. The number of carbonyl (C=O) groups excluding carboxylic acids is 2. The third-order valence-corrected chi connectivity index (χ3v) is 4.90. The summed E-state index contributed by atoms with van der Waals surface area (Å²) < 4.78 is 27.6. The number of hydrogen-bond donors (Lipinski definition) is 2. The second-order valence-electron chi connectivity index (χ2n) is 5.19. The summed E-state index contributed by atoms with van der Waals surface area (Å²) in [5, 5.41) is 0.545. The highest BCUT2D eigenvalue weighted by Gasteiger charge is 2.21. The smallest absolute Gasteiger partial charge is 0.265 e. The van der Waals surface area contributed by atoms with Crippen LogP contribution in [0.5, 0.6) is 0 Å². The van der Waals surface area contributed by atoms with E-state index in [9.17, 15) is 18.0 Å². The molecule has 0 aliphatic rings. The van der Waals surface area contributed by atoms with Crippen LogP contribution in [0, 0.1) is 0 Å². The first-order chi connectivity index (χ1) is 11.2.